The number of carbonyl (C=O) groups excluding carboxylic acids is 12. The Bertz CT molecular complexity index is 3450. The molecule has 0 aliphatic heterocycles. The highest BCUT2D eigenvalue weighted by Crippen LogP contribution is 2.29. The van der Waals surface area contributed by atoms with Crippen LogP contribution in [0.5, 0.6) is 0 Å². The first kappa shape index (κ1) is 99.3. The molecule has 4 aromatic rings. The van der Waals surface area contributed by atoms with E-state index in [2.05, 4.69) is 52.5 Å². The molecular weight excluding hydrogens is 1590 g/mol. The number of unbranched alkanes of at least 4 members (excludes halogenated alkanes) is 4. The van der Waals surface area contributed by atoms with Crippen LogP contribution in [-0.2, 0) is 85.8 Å². The summed E-state index contributed by atoms with van der Waals surface area (Å²) in [6.07, 6.45) is 5.07. The molecule has 8 N–H and O–H groups in total. The molecule has 0 radical (unpaired) electrons. The molecule has 0 spiro atoms. The fraction of sp³-hybridized carbons (Fsp3) is 0.575. The van der Waals surface area contributed by atoms with Gasteiger partial charge in [0.2, 0.25) is 47.3 Å². The monoisotopic (exact) mass is 1700 g/mol. The predicted molar refractivity (Wildman–Crippen MR) is 437 cm³/mol. The molecule has 10 amide bonds. The van der Waals surface area contributed by atoms with Gasteiger partial charge in [0, 0.05) is 110 Å². The number of hydrogen-bond acceptors (Lipinski definition) is 22. The van der Waals surface area contributed by atoms with E-state index in [1.807, 2.05) is 0 Å². The van der Waals surface area contributed by atoms with Gasteiger partial charge in [0.15, 0.2) is 0 Å². The summed E-state index contributed by atoms with van der Waals surface area (Å²) in [7, 11) is 2.44. The van der Waals surface area contributed by atoms with Gasteiger partial charge in [-0.15, -0.1) is 0 Å². The van der Waals surface area contributed by atoms with Gasteiger partial charge in [-0.25, -0.2) is 19.6 Å². The average molecular weight is 1710 g/mol. The van der Waals surface area contributed by atoms with Gasteiger partial charge in [0.25, 0.3) is 0 Å². The third-order valence-corrected chi connectivity index (χ3v) is 17.6. The van der Waals surface area contributed by atoms with Crippen molar-refractivity contribution in [2.45, 2.75) is 192 Å². The van der Waals surface area contributed by atoms with Gasteiger partial charge in [-0.2, -0.15) is 0 Å². The average Bonchev–Trinajstić information content (AvgIpc) is 0.736. The molecule has 4 rings (SSSR count). The highest BCUT2D eigenvalue weighted by molar-refractivity contribution is 6.35. The molecule has 0 saturated heterocycles. The molecular formula is C80H114Cl4N12O20. The number of hydrogen-bond donors (Lipinski definition) is 8. The number of aromatic nitrogens is 2. The number of halogens is 4. The smallest absolute Gasteiger partial charge is 0.416 e. The van der Waals surface area contributed by atoms with E-state index in [9.17, 15) is 57.5 Å². The van der Waals surface area contributed by atoms with Crippen molar-refractivity contribution in [2.24, 2.45) is 0 Å². The number of rotatable bonds is 55. The van der Waals surface area contributed by atoms with E-state index in [0.717, 1.165) is 0 Å². The summed E-state index contributed by atoms with van der Waals surface area (Å²) in [5.74, 6) is -3.65. The molecule has 0 aliphatic carbocycles. The summed E-state index contributed by atoms with van der Waals surface area (Å²) >= 11 is 25.1. The first-order chi connectivity index (χ1) is 55.3. The van der Waals surface area contributed by atoms with Crippen LogP contribution in [-0.4, -0.2) is 211 Å². The van der Waals surface area contributed by atoms with E-state index in [1.54, 1.807) is 115 Å². The first-order valence-corrected chi connectivity index (χ1v) is 40.3. The van der Waals surface area contributed by atoms with Crippen molar-refractivity contribution in [2.75, 3.05) is 116 Å². The van der Waals surface area contributed by atoms with Crippen LogP contribution in [0.15, 0.2) is 85.2 Å². The van der Waals surface area contributed by atoms with Gasteiger partial charge in [-0.1, -0.05) is 58.5 Å². The molecule has 4 unspecified atom stereocenters. The fourth-order valence-electron chi connectivity index (χ4n) is 11.0. The SMILES string of the molecule is COC(=O)CC(NC(=O)C(CCCCNC(=O)CCOCCOCCNC(=O)CCC(=O)NCCOCCOCCC(=O)NCCCCC(NC(=O)CCCCN(C(=O)OC(C)(C)C)c1ccccn1)C(=O)NC(CC(=O)OC)c1cc(Cl)cc(Cl)c1)NC(=O)CCCCN(C(=O)OC(C)(C)C)c1ccccn1)c1cc(Cl)cc(Cl)c1. The van der Waals surface area contributed by atoms with E-state index in [0.29, 0.717) is 74.1 Å². The molecule has 2 aromatic carbocycles. The second-order valence-electron chi connectivity index (χ2n) is 28.7. The van der Waals surface area contributed by atoms with E-state index < -0.39 is 83.1 Å². The Morgan fingerprint density at radius 3 is 1.07 bits per heavy atom. The maximum absolute atomic E-state index is 14.0. The highest BCUT2D eigenvalue weighted by Gasteiger charge is 2.31. The maximum atomic E-state index is 14.0. The summed E-state index contributed by atoms with van der Waals surface area (Å²) in [5, 5.41) is 23.5. The quantitative estimate of drug-likeness (QED) is 0.0116. The van der Waals surface area contributed by atoms with Crippen molar-refractivity contribution < 1.29 is 95.4 Å². The van der Waals surface area contributed by atoms with Crippen LogP contribution in [0, 0.1) is 0 Å². The van der Waals surface area contributed by atoms with Gasteiger partial charge in [-0.3, -0.25) is 57.7 Å². The Hall–Kier alpha value is -9.02. The molecule has 2 aromatic heterocycles. The van der Waals surface area contributed by atoms with E-state index in [1.165, 1.54) is 36.2 Å². The molecule has 0 fully saturated rings. The molecule has 116 heavy (non-hydrogen) atoms. The van der Waals surface area contributed by atoms with Gasteiger partial charge in [0.1, 0.15) is 34.9 Å². The van der Waals surface area contributed by atoms with Gasteiger partial charge in [-0.05, 0) is 178 Å². The Labute approximate surface area is 698 Å². The van der Waals surface area contributed by atoms with Gasteiger partial charge < -0.3 is 80.4 Å². The number of amides is 10. The molecule has 642 valence electrons. The zero-order chi connectivity index (χ0) is 85.3. The number of benzene rings is 2. The maximum Gasteiger partial charge on any atom is 0.416 e. The van der Waals surface area contributed by atoms with Gasteiger partial charge in [0.05, 0.1) is 92.0 Å². The second kappa shape index (κ2) is 55.6. The van der Waals surface area contributed by atoms with Gasteiger partial charge >= 0.3 is 24.1 Å². The van der Waals surface area contributed by atoms with E-state index >= 15 is 0 Å². The third kappa shape index (κ3) is 44.3. The summed E-state index contributed by atoms with van der Waals surface area (Å²) in [6, 6.07) is 15.7. The van der Waals surface area contributed by atoms with Crippen LogP contribution in [0.2, 0.25) is 20.1 Å². The van der Waals surface area contributed by atoms with Crippen LogP contribution in [0.1, 0.15) is 180 Å². The number of pyridine rings is 2. The molecule has 0 aliphatic rings. The standard InChI is InChI=1S/C80H114Cl4N12O20/c1-79(2,3)115-77(107)95(65-23-11-17-31-85-65)37-19-13-25-71(101)91-61(75(105)93-63(53-73(103)109-7)55-47-57(81)51-58(82)48-55)21-9-15-33-87-69(99)29-39-111-43-45-113-41-35-89-67(97)27-28-68(98)90-36-42-114-46-44-112-40-30-70(100)88-34-16-10-22-62(76(106)94-64(54-74(104)110-8)56-49-59(83)52-60(84)50-56)92-72(102)26-14-20-38-96(66-24-12-18-32-86-66)78(108)116-80(4,5)6/h11-12,17-18,23-24,31-32,47-52,61-64H,9-10,13-16,19-22,25-30,33-46,53-54H2,1-8H3,(H,87,99)(H,88,100)(H,89,97)(H,90,98)(H,91,101)(H,92,102)(H,93,105)(H,94,106). The van der Waals surface area contributed by atoms with Crippen molar-refractivity contribution in [3.05, 3.63) is 116 Å². The number of nitrogens with zero attached hydrogens (tertiary/aromatic N) is 4. The van der Waals surface area contributed by atoms with E-state index in [4.69, 9.17) is 84.3 Å². The summed E-state index contributed by atoms with van der Waals surface area (Å²) in [4.78, 5) is 168. The summed E-state index contributed by atoms with van der Waals surface area (Å²) in [6.45, 7) is 13.3. The second-order valence-corrected chi connectivity index (χ2v) is 30.5. The molecule has 0 saturated carbocycles. The minimum Gasteiger partial charge on any atom is -0.469 e. The fourth-order valence-corrected chi connectivity index (χ4v) is 12.1. The van der Waals surface area contributed by atoms with Crippen molar-refractivity contribution in [3.63, 3.8) is 0 Å². The van der Waals surface area contributed by atoms with Crippen LogP contribution >= 0.6 is 46.4 Å². The van der Waals surface area contributed by atoms with Crippen molar-refractivity contribution >= 4 is 129 Å². The highest BCUT2D eigenvalue weighted by atomic mass is 35.5. The Kier molecular flexibility index (Phi) is 47.6. The topological polar surface area (TPSA) is 407 Å². The summed E-state index contributed by atoms with van der Waals surface area (Å²) in [5.41, 5.74) is -0.624. The van der Waals surface area contributed by atoms with Crippen molar-refractivity contribution in [1.82, 2.24) is 52.5 Å². The lowest BCUT2D eigenvalue weighted by Gasteiger charge is -2.27. The molecule has 36 heteroatoms. The molecule has 32 nitrogen and oxygen atoms in total. The largest absolute Gasteiger partial charge is 0.469 e. The van der Waals surface area contributed by atoms with Crippen LogP contribution < -0.4 is 52.3 Å². The molecule has 0 bridgehead atoms. The van der Waals surface area contributed by atoms with Crippen molar-refractivity contribution in [3.8, 4) is 0 Å². The minimum atomic E-state index is -1.05. The van der Waals surface area contributed by atoms with Crippen LogP contribution in [0.3, 0.4) is 0 Å². The Balaban J connectivity index is 1.05. The summed E-state index contributed by atoms with van der Waals surface area (Å²) < 4.78 is 43.1. The zero-order valence-electron chi connectivity index (χ0n) is 67.5. The number of anilines is 2. The Morgan fingerprint density at radius 2 is 0.733 bits per heavy atom. The lowest BCUT2D eigenvalue weighted by Crippen LogP contribution is -2.48. The zero-order valence-corrected chi connectivity index (χ0v) is 70.5. The number of ether oxygens (including phenoxy) is 8. The first-order valence-electron chi connectivity index (χ1n) is 38.8. The normalized spacial score (nSPS) is 12.3. The van der Waals surface area contributed by atoms with E-state index in [-0.39, 0.29) is 200 Å². The number of esters is 2. The number of methoxy groups -OCH3 is 2. The lowest BCUT2D eigenvalue weighted by molar-refractivity contribution is -0.142. The predicted octanol–water partition coefficient (Wildman–Crippen LogP) is 9.86. The molecule has 4 atom stereocenters. The lowest BCUT2D eigenvalue weighted by atomic mass is 10.0. The van der Waals surface area contributed by atoms with Crippen molar-refractivity contribution in [1.29, 1.82) is 0 Å². The minimum absolute atomic E-state index is 0.0185. The van der Waals surface area contributed by atoms with Crippen LogP contribution in [0.25, 0.3) is 0 Å². The van der Waals surface area contributed by atoms with Crippen LogP contribution in [0.4, 0.5) is 21.2 Å². The third-order valence-electron chi connectivity index (χ3n) is 16.7. The molecule has 2 heterocycles. The number of nitrogens with one attached hydrogen (secondary N) is 8. The number of carbonyl (C=O) groups is 12. The Morgan fingerprint density at radius 1 is 0.388 bits per heavy atom.